The number of fused-ring (bicyclic) bond motifs is 1. The molecule has 1 aromatic carbocycles. The van der Waals surface area contributed by atoms with Crippen LogP contribution in [0.1, 0.15) is 10.4 Å². The highest BCUT2D eigenvalue weighted by atomic mass is 32.2. The lowest BCUT2D eigenvalue weighted by atomic mass is 10.3. The number of amides is 1. The van der Waals surface area contributed by atoms with Crippen LogP contribution in [0.5, 0.6) is 0 Å². The summed E-state index contributed by atoms with van der Waals surface area (Å²) in [4.78, 5) is 17.5. The molecule has 23 heavy (non-hydrogen) atoms. The number of hydrazine groups is 1. The van der Waals surface area contributed by atoms with Crippen LogP contribution in [0, 0.1) is 0 Å². The Morgan fingerprint density at radius 2 is 1.96 bits per heavy atom. The number of nitrogens with zero attached hydrogens (tertiary/aromatic N) is 3. The summed E-state index contributed by atoms with van der Waals surface area (Å²) in [5, 5.41) is 0. The van der Waals surface area contributed by atoms with Gasteiger partial charge in [0, 0.05) is 19.4 Å². The van der Waals surface area contributed by atoms with E-state index >= 15 is 0 Å². The lowest BCUT2D eigenvalue weighted by Gasteiger charge is -2.27. The summed E-state index contributed by atoms with van der Waals surface area (Å²) in [6.45, 7) is 0. The number of carbonyl (C=O) groups excluding carboxylic acids is 1. The zero-order chi connectivity index (χ0) is 16.4. The highest BCUT2D eigenvalue weighted by molar-refractivity contribution is 7.90. The molecule has 0 bridgehead atoms. The number of pyridine rings is 1. The van der Waals surface area contributed by atoms with Crippen molar-refractivity contribution >= 4 is 27.6 Å². The molecule has 1 aromatic heterocycles. The second-order valence-corrected chi connectivity index (χ2v) is 6.31. The summed E-state index contributed by atoms with van der Waals surface area (Å²) in [6.07, 6.45) is 2.95. The molecule has 0 saturated carbocycles. The predicted octanol–water partition coefficient (Wildman–Crippen LogP) is 0.511. The first-order chi connectivity index (χ1) is 11.0. The molecule has 2 N–H and O–H groups in total. The standard InChI is InChI=1S/C14H13N5O3S/c1-19-11-6-2-3-7-12(11)23(21,22)18-14(19)17-16-13(20)10-5-4-8-15-9-10/h2-9H,1H3,(H,16,20)(H,17,18). The zero-order valence-electron chi connectivity index (χ0n) is 12.1. The number of sulfonamides is 1. The Bertz CT molecular complexity index is 880. The first kappa shape index (κ1) is 15.0. The van der Waals surface area contributed by atoms with E-state index < -0.39 is 15.9 Å². The molecule has 3 rings (SSSR count). The van der Waals surface area contributed by atoms with Gasteiger partial charge in [-0.1, -0.05) is 12.1 Å². The summed E-state index contributed by atoms with van der Waals surface area (Å²) < 4.78 is 28.0. The van der Waals surface area contributed by atoms with Gasteiger partial charge in [-0.2, -0.15) is 8.42 Å². The number of nitrogens with one attached hydrogen (secondary N) is 2. The fourth-order valence-electron chi connectivity index (χ4n) is 2.08. The third-order valence-electron chi connectivity index (χ3n) is 3.24. The maximum Gasteiger partial charge on any atom is 0.287 e. The van der Waals surface area contributed by atoms with E-state index in [2.05, 4.69) is 20.2 Å². The van der Waals surface area contributed by atoms with Crippen LogP contribution in [-0.2, 0) is 10.0 Å². The van der Waals surface area contributed by atoms with Gasteiger partial charge in [0.25, 0.3) is 15.9 Å². The molecular formula is C14H13N5O3S. The maximum absolute atomic E-state index is 12.2. The SMILES string of the molecule is CN1C(NNC(=O)c2cccnc2)=NS(=O)(=O)c2ccccc21. The van der Waals surface area contributed by atoms with Gasteiger partial charge in [-0.05, 0) is 24.3 Å². The van der Waals surface area contributed by atoms with E-state index in [1.54, 1.807) is 48.5 Å². The van der Waals surface area contributed by atoms with Gasteiger partial charge in [-0.25, -0.2) is 0 Å². The number of benzene rings is 1. The molecule has 0 radical (unpaired) electrons. The fraction of sp³-hybridized carbons (Fsp3) is 0.0714. The average molecular weight is 331 g/mol. The molecule has 0 unspecified atom stereocenters. The van der Waals surface area contributed by atoms with Crippen LogP contribution in [0.25, 0.3) is 0 Å². The molecule has 9 heteroatoms. The van der Waals surface area contributed by atoms with E-state index in [0.717, 1.165) is 0 Å². The number of anilines is 1. The molecule has 1 aliphatic rings. The molecule has 2 heterocycles. The number of rotatable bonds is 1. The van der Waals surface area contributed by atoms with Crippen molar-refractivity contribution < 1.29 is 13.2 Å². The van der Waals surface area contributed by atoms with Gasteiger partial charge in [-0.3, -0.25) is 20.6 Å². The van der Waals surface area contributed by atoms with Crippen molar-refractivity contribution in [1.82, 2.24) is 15.8 Å². The van der Waals surface area contributed by atoms with Crippen molar-refractivity contribution in [2.75, 3.05) is 11.9 Å². The molecule has 2 aromatic rings. The van der Waals surface area contributed by atoms with Gasteiger partial charge in [0.1, 0.15) is 4.90 Å². The second-order valence-electron chi connectivity index (χ2n) is 4.74. The van der Waals surface area contributed by atoms with E-state index in [1.165, 1.54) is 12.3 Å². The van der Waals surface area contributed by atoms with Crippen LogP contribution in [0.2, 0.25) is 0 Å². The van der Waals surface area contributed by atoms with Crippen molar-refractivity contribution in [2.45, 2.75) is 4.90 Å². The van der Waals surface area contributed by atoms with Gasteiger partial charge in [-0.15, -0.1) is 4.40 Å². The number of hydrogen-bond acceptors (Lipinski definition) is 6. The van der Waals surface area contributed by atoms with Crippen LogP contribution < -0.4 is 15.8 Å². The molecular weight excluding hydrogens is 318 g/mol. The van der Waals surface area contributed by atoms with Crippen LogP contribution in [0.3, 0.4) is 0 Å². The minimum absolute atomic E-state index is 0.000871. The quantitative estimate of drug-likeness (QED) is 0.738. The normalized spacial score (nSPS) is 15.3. The molecule has 8 nitrogen and oxygen atoms in total. The first-order valence-corrected chi connectivity index (χ1v) is 8.07. The maximum atomic E-state index is 12.2. The number of hydrogen-bond donors (Lipinski definition) is 2. The molecule has 1 aliphatic heterocycles. The van der Waals surface area contributed by atoms with Crippen LogP contribution in [0.4, 0.5) is 5.69 Å². The highest BCUT2D eigenvalue weighted by Crippen LogP contribution is 2.29. The monoisotopic (exact) mass is 331 g/mol. The second kappa shape index (κ2) is 5.69. The Morgan fingerprint density at radius 3 is 2.70 bits per heavy atom. The molecule has 0 aliphatic carbocycles. The first-order valence-electron chi connectivity index (χ1n) is 6.63. The van der Waals surface area contributed by atoms with Gasteiger partial charge >= 0.3 is 0 Å². The topological polar surface area (TPSA) is 104 Å². The molecule has 118 valence electrons. The third-order valence-corrected chi connectivity index (χ3v) is 4.55. The van der Waals surface area contributed by atoms with Gasteiger partial charge in [0.2, 0.25) is 5.96 Å². The highest BCUT2D eigenvalue weighted by Gasteiger charge is 2.28. The number of para-hydroxylation sites is 1. The summed E-state index contributed by atoms with van der Waals surface area (Å²) in [5.41, 5.74) is 5.75. The van der Waals surface area contributed by atoms with E-state index in [4.69, 9.17) is 0 Å². The number of carbonyl (C=O) groups is 1. The van der Waals surface area contributed by atoms with E-state index in [-0.39, 0.29) is 10.9 Å². The molecule has 0 fully saturated rings. The largest absolute Gasteiger partial charge is 0.312 e. The Morgan fingerprint density at radius 1 is 1.17 bits per heavy atom. The zero-order valence-corrected chi connectivity index (χ0v) is 12.9. The fourth-order valence-corrected chi connectivity index (χ4v) is 3.29. The molecule has 0 atom stereocenters. The Kier molecular flexibility index (Phi) is 3.70. The van der Waals surface area contributed by atoms with Gasteiger partial charge in [0.15, 0.2) is 0 Å². The number of guanidine groups is 1. The van der Waals surface area contributed by atoms with Gasteiger partial charge in [0.05, 0.1) is 11.3 Å². The third kappa shape index (κ3) is 2.86. The van der Waals surface area contributed by atoms with E-state index in [9.17, 15) is 13.2 Å². The summed E-state index contributed by atoms with van der Waals surface area (Å²) in [7, 11) is -2.17. The number of aromatic nitrogens is 1. The Balaban J connectivity index is 1.82. The van der Waals surface area contributed by atoms with Crippen LogP contribution >= 0.6 is 0 Å². The Labute approximate surface area is 132 Å². The van der Waals surface area contributed by atoms with Crippen molar-refractivity contribution in [2.24, 2.45) is 4.40 Å². The molecule has 0 saturated heterocycles. The lowest BCUT2D eigenvalue weighted by molar-refractivity contribution is 0.0943. The predicted molar refractivity (Wildman–Crippen MR) is 84.3 cm³/mol. The van der Waals surface area contributed by atoms with Crippen molar-refractivity contribution in [3.8, 4) is 0 Å². The van der Waals surface area contributed by atoms with Gasteiger partial charge < -0.3 is 4.90 Å². The van der Waals surface area contributed by atoms with Crippen molar-refractivity contribution in [1.29, 1.82) is 0 Å². The van der Waals surface area contributed by atoms with E-state index in [1.807, 2.05) is 0 Å². The minimum atomic E-state index is -3.82. The molecule has 0 spiro atoms. The lowest BCUT2D eigenvalue weighted by Crippen LogP contribution is -2.50. The van der Waals surface area contributed by atoms with Crippen LogP contribution in [0.15, 0.2) is 58.1 Å². The van der Waals surface area contributed by atoms with Crippen LogP contribution in [-0.4, -0.2) is 32.3 Å². The summed E-state index contributed by atoms with van der Waals surface area (Å²) in [6, 6.07) is 9.70. The Hall–Kier alpha value is -2.94. The minimum Gasteiger partial charge on any atom is -0.312 e. The van der Waals surface area contributed by atoms with E-state index in [0.29, 0.717) is 11.3 Å². The summed E-state index contributed by atoms with van der Waals surface area (Å²) in [5.74, 6) is -0.452. The average Bonchev–Trinajstić information content (AvgIpc) is 2.57. The summed E-state index contributed by atoms with van der Waals surface area (Å²) >= 11 is 0. The smallest absolute Gasteiger partial charge is 0.287 e. The molecule has 1 amide bonds. The van der Waals surface area contributed by atoms with Crippen molar-refractivity contribution in [3.05, 3.63) is 54.4 Å². The van der Waals surface area contributed by atoms with Crippen molar-refractivity contribution in [3.63, 3.8) is 0 Å².